The number of thiazole rings is 1. The van der Waals surface area contributed by atoms with E-state index in [9.17, 15) is 14.0 Å². The van der Waals surface area contributed by atoms with Gasteiger partial charge < -0.3 is 5.32 Å². The number of amides is 1. The zero-order chi connectivity index (χ0) is 19.2. The van der Waals surface area contributed by atoms with E-state index in [4.69, 9.17) is 5.26 Å². The SMILES string of the molecule is N#CCCC(=O)CNC(=O)Cc1nc2cc(-c3cccc(F)c3)ccc2s1. The molecular weight excluding hydrogens is 365 g/mol. The van der Waals surface area contributed by atoms with Crippen LogP contribution in [0.1, 0.15) is 17.8 Å². The van der Waals surface area contributed by atoms with Crippen molar-refractivity contribution < 1.29 is 14.0 Å². The number of nitrogens with zero attached hydrogens (tertiary/aromatic N) is 2. The van der Waals surface area contributed by atoms with E-state index >= 15 is 0 Å². The quantitative estimate of drug-likeness (QED) is 0.677. The van der Waals surface area contributed by atoms with Gasteiger partial charge in [0.1, 0.15) is 10.8 Å². The summed E-state index contributed by atoms with van der Waals surface area (Å²) in [5.74, 6) is -0.758. The summed E-state index contributed by atoms with van der Waals surface area (Å²) in [6, 6.07) is 13.9. The van der Waals surface area contributed by atoms with Crippen molar-refractivity contribution in [2.45, 2.75) is 19.3 Å². The highest BCUT2D eigenvalue weighted by Crippen LogP contribution is 2.28. The van der Waals surface area contributed by atoms with Gasteiger partial charge in [0.2, 0.25) is 5.91 Å². The third-order valence-electron chi connectivity index (χ3n) is 3.90. The van der Waals surface area contributed by atoms with Crippen LogP contribution in [0.4, 0.5) is 4.39 Å². The molecule has 1 amide bonds. The molecule has 0 saturated carbocycles. The Labute approximate surface area is 159 Å². The van der Waals surface area contributed by atoms with E-state index in [1.807, 2.05) is 30.3 Å². The Kier molecular flexibility index (Phi) is 5.89. The van der Waals surface area contributed by atoms with Crippen molar-refractivity contribution >= 4 is 33.2 Å². The van der Waals surface area contributed by atoms with E-state index in [2.05, 4.69) is 10.3 Å². The number of carbonyl (C=O) groups is 2. The van der Waals surface area contributed by atoms with Gasteiger partial charge >= 0.3 is 0 Å². The van der Waals surface area contributed by atoms with Gasteiger partial charge in [-0.2, -0.15) is 5.26 Å². The third-order valence-corrected chi connectivity index (χ3v) is 4.94. The first-order valence-electron chi connectivity index (χ1n) is 8.36. The molecule has 5 nitrogen and oxygen atoms in total. The molecule has 1 heterocycles. The van der Waals surface area contributed by atoms with Gasteiger partial charge in [0.25, 0.3) is 0 Å². The number of nitriles is 1. The van der Waals surface area contributed by atoms with Crippen LogP contribution in [0.25, 0.3) is 21.3 Å². The van der Waals surface area contributed by atoms with Crippen molar-refractivity contribution in [1.29, 1.82) is 5.26 Å². The second-order valence-corrected chi connectivity index (χ2v) is 7.07. The lowest BCUT2D eigenvalue weighted by Gasteiger charge is -2.01. The van der Waals surface area contributed by atoms with E-state index in [-0.39, 0.29) is 43.3 Å². The van der Waals surface area contributed by atoms with Crippen molar-refractivity contribution in [2.24, 2.45) is 0 Å². The molecule has 136 valence electrons. The number of benzene rings is 2. The highest BCUT2D eigenvalue weighted by Gasteiger charge is 2.11. The fourth-order valence-electron chi connectivity index (χ4n) is 2.58. The molecular formula is C20H16FN3O2S. The Morgan fingerprint density at radius 1 is 1.19 bits per heavy atom. The van der Waals surface area contributed by atoms with Crippen molar-refractivity contribution in [3.63, 3.8) is 0 Å². The first-order valence-corrected chi connectivity index (χ1v) is 9.17. The maximum absolute atomic E-state index is 13.4. The summed E-state index contributed by atoms with van der Waals surface area (Å²) in [5, 5.41) is 11.6. The first kappa shape index (κ1) is 18.7. The van der Waals surface area contributed by atoms with Crippen molar-refractivity contribution in [1.82, 2.24) is 10.3 Å². The molecule has 0 radical (unpaired) electrons. The Morgan fingerprint density at radius 2 is 2.00 bits per heavy atom. The lowest BCUT2D eigenvalue weighted by molar-refractivity contribution is -0.124. The van der Waals surface area contributed by atoms with Crippen LogP contribution >= 0.6 is 11.3 Å². The van der Waals surface area contributed by atoms with E-state index in [1.54, 1.807) is 6.07 Å². The Hall–Kier alpha value is -3.11. The van der Waals surface area contributed by atoms with Gasteiger partial charge in [0, 0.05) is 12.8 Å². The number of ketones is 1. The second-order valence-electron chi connectivity index (χ2n) is 5.95. The number of carbonyl (C=O) groups excluding carboxylic acids is 2. The van der Waals surface area contributed by atoms with Gasteiger partial charge in [-0.05, 0) is 35.4 Å². The lowest BCUT2D eigenvalue weighted by atomic mass is 10.1. The van der Waals surface area contributed by atoms with Gasteiger partial charge in [-0.3, -0.25) is 9.59 Å². The third kappa shape index (κ3) is 4.96. The molecule has 0 saturated heterocycles. The summed E-state index contributed by atoms with van der Waals surface area (Å²) in [7, 11) is 0. The molecule has 3 aromatic rings. The minimum atomic E-state index is -0.299. The summed E-state index contributed by atoms with van der Waals surface area (Å²) >= 11 is 1.41. The average molecular weight is 381 g/mol. The topological polar surface area (TPSA) is 82.9 Å². The maximum atomic E-state index is 13.4. The minimum absolute atomic E-state index is 0.0743. The molecule has 0 atom stereocenters. The molecule has 2 aromatic carbocycles. The van der Waals surface area contributed by atoms with Crippen LogP contribution in [-0.4, -0.2) is 23.2 Å². The second kappa shape index (κ2) is 8.52. The molecule has 0 aliphatic rings. The Bertz CT molecular complexity index is 1040. The molecule has 0 aliphatic heterocycles. The van der Waals surface area contributed by atoms with Crippen LogP contribution in [0, 0.1) is 17.1 Å². The molecule has 0 aliphatic carbocycles. The summed E-state index contributed by atoms with van der Waals surface area (Å²) in [5.41, 5.74) is 2.36. The predicted molar refractivity (Wildman–Crippen MR) is 102 cm³/mol. The Morgan fingerprint density at radius 3 is 2.78 bits per heavy atom. The number of hydrogen-bond donors (Lipinski definition) is 1. The maximum Gasteiger partial charge on any atom is 0.227 e. The summed E-state index contributed by atoms with van der Waals surface area (Å²) < 4.78 is 14.3. The molecule has 27 heavy (non-hydrogen) atoms. The van der Waals surface area contributed by atoms with Crippen molar-refractivity contribution in [3.05, 3.63) is 53.3 Å². The summed E-state index contributed by atoms with van der Waals surface area (Å²) in [6.45, 7) is -0.0743. The van der Waals surface area contributed by atoms with Crippen LogP contribution in [0.15, 0.2) is 42.5 Å². The molecule has 0 unspecified atom stereocenters. The average Bonchev–Trinajstić information content (AvgIpc) is 3.06. The fraction of sp³-hybridized carbons (Fsp3) is 0.200. The van der Waals surface area contributed by atoms with E-state index in [0.717, 1.165) is 21.3 Å². The largest absolute Gasteiger partial charge is 0.349 e. The highest BCUT2D eigenvalue weighted by molar-refractivity contribution is 7.18. The number of halogens is 1. The molecule has 1 N–H and O–H groups in total. The minimum Gasteiger partial charge on any atom is -0.349 e. The number of aromatic nitrogens is 1. The molecule has 1 aromatic heterocycles. The number of nitrogens with one attached hydrogen (secondary N) is 1. The number of hydrogen-bond acceptors (Lipinski definition) is 5. The van der Waals surface area contributed by atoms with Gasteiger partial charge in [-0.1, -0.05) is 18.2 Å². The van der Waals surface area contributed by atoms with Crippen LogP contribution in [0.3, 0.4) is 0 Å². The van der Waals surface area contributed by atoms with Crippen molar-refractivity contribution in [3.8, 4) is 17.2 Å². The van der Waals surface area contributed by atoms with Crippen molar-refractivity contribution in [2.75, 3.05) is 6.54 Å². The smallest absolute Gasteiger partial charge is 0.227 e. The summed E-state index contributed by atoms with van der Waals surface area (Å²) in [4.78, 5) is 28.0. The predicted octanol–water partition coefficient (Wildman–Crippen LogP) is 3.63. The van der Waals surface area contributed by atoms with Gasteiger partial charge in [0.05, 0.1) is 29.3 Å². The van der Waals surface area contributed by atoms with Gasteiger partial charge in [0.15, 0.2) is 5.78 Å². The molecule has 7 heteroatoms. The zero-order valence-corrected chi connectivity index (χ0v) is 15.2. The lowest BCUT2D eigenvalue weighted by Crippen LogP contribution is -2.30. The van der Waals surface area contributed by atoms with Crippen LogP contribution in [-0.2, 0) is 16.0 Å². The van der Waals surface area contributed by atoms with Gasteiger partial charge in [-0.15, -0.1) is 11.3 Å². The van der Waals surface area contributed by atoms with Crippen LogP contribution in [0.2, 0.25) is 0 Å². The number of Topliss-reactive ketones (excluding diaryl/α,β-unsaturated/α-hetero) is 1. The number of fused-ring (bicyclic) bond motifs is 1. The van der Waals surface area contributed by atoms with Crippen LogP contribution < -0.4 is 5.32 Å². The molecule has 0 fully saturated rings. The first-order chi connectivity index (χ1) is 13.0. The zero-order valence-electron chi connectivity index (χ0n) is 14.4. The molecule has 3 rings (SSSR count). The normalized spacial score (nSPS) is 10.5. The van der Waals surface area contributed by atoms with E-state index in [0.29, 0.717) is 5.01 Å². The highest BCUT2D eigenvalue weighted by atomic mass is 32.1. The standard InChI is InChI=1S/C20H16FN3O2S/c21-15-4-1-3-13(9-15)14-6-7-18-17(10-14)24-20(27-18)11-19(26)23-12-16(25)5-2-8-22/h1,3-4,6-7,9-10H,2,5,11-12H2,(H,23,26). The molecule has 0 spiro atoms. The Balaban J connectivity index is 1.67. The molecule has 0 bridgehead atoms. The van der Waals surface area contributed by atoms with Crippen LogP contribution in [0.5, 0.6) is 0 Å². The summed E-state index contributed by atoms with van der Waals surface area (Å²) in [6.07, 6.45) is 0.376. The van der Waals surface area contributed by atoms with Gasteiger partial charge in [-0.25, -0.2) is 9.37 Å². The van der Waals surface area contributed by atoms with E-state index < -0.39 is 0 Å². The number of rotatable bonds is 7. The monoisotopic (exact) mass is 381 g/mol. The van der Waals surface area contributed by atoms with E-state index in [1.165, 1.54) is 23.5 Å². The fourth-order valence-corrected chi connectivity index (χ4v) is 3.53.